The largest absolute Gasteiger partial charge is 0.496 e. The lowest BCUT2D eigenvalue weighted by Gasteiger charge is -2.22. The van der Waals surface area contributed by atoms with E-state index in [-0.39, 0.29) is 6.42 Å². The fourth-order valence-electron chi connectivity index (χ4n) is 2.54. The monoisotopic (exact) mass is 266 g/mol. The predicted octanol–water partition coefficient (Wildman–Crippen LogP) is 2.22. The number of benzene rings is 1. The summed E-state index contributed by atoms with van der Waals surface area (Å²) in [6.07, 6.45) is 1.71. The van der Waals surface area contributed by atoms with Crippen LogP contribution in [-0.2, 0) is 10.2 Å². The van der Waals surface area contributed by atoms with Gasteiger partial charge in [-0.2, -0.15) is 0 Å². The normalized spacial score (nSPS) is 15.7. The molecule has 0 aromatic heterocycles. The molecule has 104 valence electrons. The molecule has 5 nitrogen and oxygen atoms in total. The van der Waals surface area contributed by atoms with Gasteiger partial charge in [0.25, 0.3) is 0 Å². The molecule has 1 aromatic carbocycles. The second kappa shape index (κ2) is 4.99. The molecular formula is C14H18O5. The molecule has 0 saturated heterocycles. The van der Waals surface area contributed by atoms with E-state index in [9.17, 15) is 4.79 Å². The van der Waals surface area contributed by atoms with Crippen molar-refractivity contribution in [1.82, 2.24) is 0 Å². The summed E-state index contributed by atoms with van der Waals surface area (Å²) >= 11 is 0. The van der Waals surface area contributed by atoms with Crippen molar-refractivity contribution in [2.75, 3.05) is 21.3 Å². The third kappa shape index (κ3) is 2.32. The van der Waals surface area contributed by atoms with Gasteiger partial charge in [0.05, 0.1) is 27.8 Å². The molecular weight excluding hydrogens is 248 g/mol. The second-order valence-corrected chi connectivity index (χ2v) is 4.73. The Balaban J connectivity index is 2.56. The van der Waals surface area contributed by atoms with Crippen molar-refractivity contribution in [3.8, 4) is 17.2 Å². The summed E-state index contributed by atoms with van der Waals surface area (Å²) < 4.78 is 16.1. The average molecular weight is 266 g/mol. The van der Waals surface area contributed by atoms with Gasteiger partial charge in [-0.1, -0.05) is 0 Å². The smallest absolute Gasteiger partial charge is 0.304 e. The zero-order chi connectivity index (χ0) is 14.0. The van der Waals surface area contributed by atoms with E-state index >= 15 is 0 Å². The van der Waals surface area contributed by atoms with E-state index in [0.29, 0.717) is 17.2 Å². The molecule has 0 amide bonds. The van der Waals surface area contributed by atoms with Crippen LogP contribution in [0.4, 0.5) is 0 Å². The SMILES string of the molecule is COc1ccc(OC)c(C2(CC(=O)O)CC2)c1OC. The van der Waals surface area contributed by atoms with E-state index in [4.69, 9.17) is 19.3 Å². The number of rotatable bonds is 6. The van der Waals surface area contributed by atoms with Crippen LogP contribution < -0.4 is 14.2 Å². The van der Waals surface area contributed by atoms with E-state index < -0.39 is 11.4 Å². The fraction of sp³-hybridized carbons (Fsp3) is 0.500. The maximum Gasteiger partial charge on any atom is 0.304 e. The van der Waals surface area contributed by atoms with Gasteiger partial charge in [-0.3, -0.25) is 4.79 Å². The third-order valence-electron chi connectivity index (χ3n) is 3.60. The third-order valence-corrected chi connectivity index (χ3v) is 3.60. The van der Waals surface area contributed by atoms with Gasteiger partial charge in [0.2, 0.25) is 0 Å². The molecule has 0 bridgehead atoms. The molecule has 2 rings (SSSR count). The minimum absolute atomic E-state index is 0.0763. The Kier molecular flexibility index (Phi) is 3.55. The Morgan fingerprint density at radius 1 is 1.16 bits per heavy atom. The van der Waals surface area contributed by atoms with Crippen LogP contribution in [0.1, 0.15) is 24.8 Å². The number of aliphatic carboxylic acids is 1. The second-order valence-electron chi connectivity index (χ2n) is 4.73. The Morgan fingerprint density at radius 2 is 1.74 bits per heavy atom. The van der Waals surface area contributed by atoms with Crippen molar-refractivity contribution in [1.29, 1.82) is 0 Å². The summed E-state index contributed by atoms with van der Waals surface area (Å²) in [5.41, 5.74) is 0.413. The van der Waals surface area contributed by atoms with Crippen molar-refractivity contribution in [2.24, 2.45) is 0 Å². The Bertz CT molecular complexity index is 491. The number of hydrogen-bond donors (Lipinski definition) is 1. The lowest BCUT2D eigenvalue weighted by atomic mass is 9.90. The Morgan fingerprint density at radius 3 is 2.16 bits per heavy atom. The molecule has 0 radical (unpaired) electrons. The summed E-state index contributed by atoms with van der Waals surface area (Å²) in [7, 11) is 4.68. The van der Waals surface area contributed by atoms with Crippen LogP contribution >= 0.6 is 0 Å². The summed E-state index contributed by atoms with van der Waals surface area (Å²) in [4.78, 5) is 11.1. The highest BCUT2D eigenvalue weighted by Crippen LogP contribution is 2.58. The van der Waals surface area contributed by atoms with Gasteiger partial charge in [0.1, 0.15) is 5.75 Å². The predicted molar refractivity (Wildman–Crippen MR) is 69.3 cm³/mol. The molecule has 1 aliphatic rings. The number of methoxy groups -OCH3 is 3. The Labute approximate surface area is 112 Å². The highest BCUT2D eigenvalue weighted by molar-refractivity contribution is 5.72. The minimum atomic E-state index is -0.815. The van der Waals surface area contributed by atoms with Crippen LogP contribution in [0, 0.1) is 0 Å². The van der Waals surface area contributed by atoms with Crippen molar-refractivity contribution in [3.63, 3.8) is 0 Å². The summed E-state index contributed by atoms with van der Waals surface area (Å²) in [6, 6.07) is 3.55. The molecule has 0 heterocycles. The van der Waals surface area contributed by atoms with Gasteiger partial charge in [0, 0.05) is 11.0 Å². The molecule has 0 aliphatic heterocycles. The van der Waals surface area contributed by atoms with Gasteiger partial charge in [-0.05, 0) is 25.0 Å². The molecule has 19 heavy (non-hydrogen) atoms. The summed E-state index contributed by atoms with van der Waals surface area (Å²) in [6.45, 7) is 0. The number of hydrogen-bond acceptors (Lipinski definition) is 4. The van der Waals surface area contributed by atoms with E-state index in [2.05, 4.69) is 0 Å². The zero-order valence-corrected chi connectivity index (χ0v) is 11.4. The van der Waals surface area contributed by atoms with Crippen molar-refractivity contribution >= 4 is 5.97 Å². The van der Waals surface area contributed by atoms with Crippen LogP contribution in [0.3, 0.4) is 0 Å². The molecule has 1 fully saturated rings. The number of carboxylic acids is 1. The first-order chi connectivity index (χ1) is 9.07. The summed E-state index contributed by atoms with van der Waals surface area (Å²) in [5, 5.41) is 9.09. The molecule has 1 N–H and O–H groups in total. The zero-order valence-electron chi connectivity index (χ0n) is 11.4. The van der Waals surface area contributed by atoms with Crippen LogP contribution in [0.5, 0.6) is 17.2 Å². The van der Waals surface area contributed by atoms with Gasteiger partial charge in [-0.15, -0.1) is 0 Å². The first kappa shape index (κ1) is 13.5. The van der Waals surface area contributed by atoms with Crippen molar-refractivity contribution in [3.05, 3.63) is 17.7 Å². The number of ether oxygens (including phenoxy) is 3. The van der Waals surface area contributed by atoms with E-state index in [0.717, 1.165) is 18.4 Å². The molecule has 1 saturated carbocycles. The maximum absolute atomic E-state index is 11.1. The number of carbonyl (C=O) groups is 1. The lowest BCUT2D eigenvalue weighted by Crippen LogP contribution is -2.16. The van der Waals surface area contributed by atoms with Gasteiger partial charge >= 0.3 is 5.97 Å². The molecule has 5 heteroatoms. The van der Waals surface area contributed by atoms with E-state index in [1.165, 1.54) is 0 Å². The van der Waals surface area contributed by atoms with Crippen molar-refractivity contribution in [2.45, 2.75) is 24.7 Å². The molecule has 0 spiro atoms. The standard InChI is InChI=1S/C14H18O5/c1-17-9-4-5-10(18-2)13(19-3)12(9)14(6-7-14)8-11(15)16/h4-5H,6-8H2,1-3H3,(H,15,16). The van der Waals surface area contributed by atoms with Crippen LogP contribution in [0.15, 0.2) is 12.1 Å². The van der Waals surface area contributed by atoms with E-state index in [1.807, 2.05) is 0 Å². The van der Waals surface area contributed by atoms with Gasteiger partial charge in [-0.25, -0.2) is 0 Å². The molecule has 1 aliphatic carbocycles. The quantitative estimate of drug-likeness (QED) is 0.855. The minimum Gasteiger partial charge on any atom is -0.496 e. The Hall–Kier alpha value is -1.91. The highest BCUT2D eigenvalue weighted by atomic mass is 16.5. The average Bonchev–Trinajstić information content (AvgIpc) is 3.16. The number of carboxylic acid groups (broad SMARTS) is 1. The molecule has 1 aromatic rings. The van der Waals surface area contributed by atoms with Crippen LogP contribution in [0.25, 0.3) is 0 Å². The lowest BCUT2D eigenvalue weighted by molar-refractivity contribution is -0.137. The van der Waals surface area contributed by atoms with Crippen LogP contribution in [-0.4, -0.2) is 32.4 Å². The maximum atomic E-state index is 11.1. The molecule has 0 unspecified atom stereocenters. The van der Waals surface area contributed by atoms with Crippen LogP contribution in [0.2, 0.25) is 0 Å². The fourth-order valence-corrected chi connectivity index (χ4v) is 2.54. The van der Waals surface area contributed by atoms with Gasteiger partial charge < -0.3 is 19.3 Å². The highest BCUT2D eigenvalue weighted by Gasteiger charge is 2.50. The topological polar surface area (TPSA) is 65.0 Å². The first-order valence-corrected chi connectivity index (χ1v) is 6.09. The van der Waals surface area contributed by atoms with Gasteiger partial charge in [0.15, 0.2) is 11.5 Å². The summed E-state index contributed by atoms with van der Waals surface area (Å²) in [5.74, 6) is 0.997. The van der Waals surface area contributed by atoms with Crippen molar-refractivity contribution < 1.29 is 24.1 Å². The van der Waals surface area contributed by atoms with E-state index in [1.54, 1.807) is 33.5 Å². The first-order valence-electron chi connectivity index (χ1n) is 6.09. The molecule has 0 atom stereocenters.